The highest BCUT2D eigenvalue weighted by atomic mass is 16.3. The first-order chi connectivity index (χ1) is 61.3. The van der Waals surface area contributed by atoms with Crippen LogP contribution in [0, 0.1) is 0 Å². The molecule has 0 radical (unpaired) electrons. The number of fused-ring (bicyclic) bond motifs is 22. The van der Waals surface area contributed by atoms with Crippen LogP contribution in [0.5, 0.6) is 0 Å². The van der Waals surface area contributed by atoms with Gasteiger partial charge in [0.05, 0.1) is 0 Å². The summed E-state index contributed by atoms with van der Waals surface area (Å²) in [6, 6.07) is 65.4. The molecule has 0 spiro atoms. The fourth-order valence-electron chi connectivity index (χ4n) is 25.1. The molecule has 0 bridgehead atoms. The Labute approximate surface area is 759 Å². The third-order valence-electron chi connectivity index (χ3n) is 31.8. The lowest BCUT2D eigenvalue weighted by molar-refractivity contribution is 0.369. The van der Waals surface area contributed by atoms with Crippen molar-refractivity contribution in [3.05, 3.63) is 208 Å². The molecular formula is C122H163NO2. The molecule has 0 saturated heterocycles. The highest BCUT2D eigenvalue weighted by molar-refractivity contribution is 6.21. The van der Waals surface area contributed by atoms with Gasteiger partial charge in [-0.05, 0) is 213 Å². The van der Waals surface area contributed by atoms with E-state index in [9.17, 15) is 0 Å². The van der Waals surface area contributed by atoms with Crippen LogP contribution in [0.25, 0.3) is 88.4 Å². The Morgan fingerprint density at radius 3 is 1.06 bits per heavy atom. The monoisotopic (exact) mass is 1670 g/mol. The van der Waals surface area contributed by atoms with Crippen LogP contribution in [0.3, 0.4) is 0 Å². The molecule has 3 heteroatoms. The maximum absolute atomic E-state index is 7.81. The van der Waals surface area contributed by atoms with Crippen LogP contribution in [0.4, 0.5) is 17.1 Å². The zero-order valence-corrected chi connectivity index (χ0v) is 80.5. The summed E-state index contributed by atoms with van der Waals surface area (Å²) in [5, 5.41) is 5.25. The van der Waals surface area contributed by atoms with Crippen LogP contribution in [0.2, 0.25) is 0 Å². The summed E-state index contributed by atoms with van der Waals surface area (Å²) in [7, 11) is 0. The molecule has 125 heavy (non-hydrogen) atoms. The molecule has 0 N–H and O–H groups in total. The summed E-state index contributed by atoms with van der Waals surface area (Å²) in [5.74, 6) is 0. The molecule has 9 aromatic carbocycles. The van der Waals surface area contributed by atoms with Crippen LogP contribution >= 0.6 is 0 Å². The molecule has 15 rings (SSSR count). The van der Waals surface area contributed by atoms with Crippen LogP contribution in [0.15, 0.2) is 167 Å². The van der Waals surface area contributed by atoms with Crippen molar-refractivity contribution in [3.63, 3.8) is 0 Å². The highest BCUT2D eigenvalue weighted by Crippen LogP contribution is 2.69. The molecule has 11 aromatic rings. The first-order valence-corrected chi connectivity index (χ1v) is 52.8. The quantitative estimate of drug-likeness (QED) is 0.0356. The predicted molar refractivity (Wildman–Crippen MR) is 545 cm³/mol. The zero-order valence-electron chi connectivity index (χ0n) is 80.5. The number of rotatable bonds is 55. The number of hydrogen-bond donors (Lipinski definition) is 0. The maximum atomic E-state index is 7.81. The van der Waals surface area contributed by atoms with Gasteiger partial charge in [-0.1, -0.05) is 450 Å². The van der Waals surface area contributed by atoms with Gasteiger partial charge in [0.2, 0.25) is 0 Å². The summed E-state index contributed by atoms with van der Waals surface area (Å²) in [5.41, 5.74) is 33.5. The summed E-state index contributed by atoms with van der Waals surface area (Å²) >= 11 is 0. The van der Waals surface area contributed by atoms with E-state index in [-0.39, 0.29) is 27.1 Å². The Balaban J connectivity index is 0.990. The normalized spacial score (nSPS) is 14.7. The Bertz CT molecular complexity index is 5250. The minimum atomic E-state index is -0.272. The van der Waals surface area contributed by atoms with Gasteiger partial charge in [-0.2, -0.15) is 0 Å². The lowest BCUT2D eigenvalue weighted by atomic mass is 9.62. The third-order valence-corrected chi connectivity index (χ3v) is 31.8. The van der Waals surface area contributed by atoms with E-state index in [1.807, 2.05) is 0 Å². The van der Waals surface area contributed by atoms with E-state index in [2.05, 4.69) is 239 Å². The average Bonchev–Trinajstić information content (AvgIpc) is 1.50. The van der Waals surface area contributed by atoms with Crippen molar-refractivity contribution in [1.82, 2.24) is 0 Å². The van der Waals surface area contributed by atoms with E-state index in [4.69, 9.17) is 8.83 Å². The minimum absolute atomic E-state index is 0.0110. The third kappa shape index (κ3) is 18.8. The molecule has 668 valence electrons. The molecule has 4 aliphatic carbocycles. The molecule has 2 aromatic heterocycles. The highest BCUT2D eigenvalue weighted by Gasteiger charge is 2.55. The van der Waals surface area contributed by atoms with Gasteiger partial charge in [0.15, 0.2) is 0 Å². The number of hydrogen-bond acceptors (Lipinski definition) is 3. The van der Waals surface area contributed by atoms with Crippen molar-refractivity contribution < 1.29 is 8.83 Å². The average molecular weight is 1680 g/mol. The smallest absolute Gasteiger partial charge is 0.144 e. The number of para-hydroxylation sites is 2. The second-order valence-corrected chi connectivity index (χ2v) is 41.4. The van der Waals surface area contributed by atoms with Gasteiger partial charge in [-0.25, -0.2) is 0 Å². The molecule has 3 nitrogen and oxygen atoms in total. The van der Waals surface area contributed by atoms with Crippen LogP contribution in [-0.2, 0) is 27.1 Å². The van der Waals surface area contributed by atoms with E-state index in [1.165, 1.54) is 397 Å². The number of benzene rings is 9. The van der Waals surface area contributed by atoms with Gasteiger partial charge in [0, 0.05) is 65.8 Å². The number of anilines is 3. The maximum Gasteiger partial charge on any atom is 0.144 e. The molecule has 0 fully saturated rings. The second kappa shape index (κ2) is 43.2. The van der Waals surface area contributed by atoms with Gasteiger partial charge >= 0.3 is 0 Å². The standard InChI is InChI=1S/C122H163NO2/c1-12-20-28-36-44-54-78-119(79-55-45-37-29-21-13-2)102-76-77-109-111(97-63-49-52-66-107(97)124-109)110(102)100-89-105-99(88-106(100)119)94-74-72-92(86-103(94)120(105,80-56-46-38-30-22-14-3)81-57-47-39-31-23-15-4)123(91-70-68-90(69-71-91)118(9,10)11)93-73-75-96-104(87-93)122(84-60-42-34-26-18-7,85-61-43-35-27-19-8)116-114(96)117-113(98-64-50-53-67-108(98)125-117)112-95-62-48-51-65-101(95)121(115(112)116,82-58-40-32-24-16-5)83-59-41-33-25-17-6/h48-53,62-77,86-89H,12-47,54-61,78-85H2,1-11H3. The topological polar surface area (TPSA) is 29.5 Å². The molecule has 0 unspecified atom stereocenters. The summed E-state index contributed by atoms with van der Waals surface area (Å²) in [6.45, 7) is 26.3. The summed E-state index contributed by atoms with van der Waals surface area (Å²) < 4.78 is 14.9. The van der Waals surface area contributed by atoms with Gasteiger partial charge < -0.3 is 13.7 Å². The van der Waals surface area contributed by atoms with Gasteiger partial charge in [0.25, 0.3) is 0 Å². The van der Waals surface area contributed by atoms with Crippen molar-refractivity contribution in [1.29, 1.82) is 0 Å². The van der Waals surface area contributed by atoms with Crippen molar-refractivity contribution in [2.75, 3.05) is 4.90 Å². The molecule has 0 saturated carbocycles. The van der Waals surface area contributed by atoms with Gasteiger partial charge in [-0.3, -0.25) is 0 Å². The Morgan fingerprint density at radius 2 is 0.584 bits per heavy atom. The van der Waals surface area contributed by atoms with Crippen molar-refractivity contribution in [2.24, 2.45) is 0 Å². The molecule has 2 heterocycles. The lowest BCUT2D eigenvalue weighted by Gasteiger charge is -2.40. The molecule has 0 atom stereocenters. The van der Waals surface area contributed by atoms with Crippen molar-refractivity contribution >= 4 is 60.9 Å². The van der Waals surface area contributed by atoms with E-state index >= 15 is 0 Å². The number of furan rings is 2. The largest absolute Gasteiger partial charge is 0.456 e. The van der Waals surface area contributed by atoms with Gasteiger partial charge in [0.1, 0.15) is 22.3 Å². The molecule has 0 aliphatic heterocycles. The first-order valence-electron chi connectivity index (χ1n) is 52.8. The summed E-state index contributed by atoms with van der Waals surface area (Å²) in [4.78, 5) is 2.80. The van der Waals surface area contributed by atoms with E-state index in [1.54, 1.807) is 44.5 Å². The molecular weight excluding hydrogens is 1510 g/mol. The zero-order chi connectivity index (χ0) is 86.8. The van der Waals surface area contributed by atoms with Crippen LogP contribution in [-0.4, -0.2) is 0 Å². The minimum Gasteiger partial charge on any atom is -0.456 e. The molecule has 4 aliphatic rings. The first kappa shape index (κ1) is 92.1. The Kier molecular flexibility index (Phi) is 31.8. The second-order valence-electron chi connectivity index (χ2n) is 41.4. The Morgan fingerprint density at radius 1 is 0.240 bits per heavy atom. The van der Waals surface area contributed by atoms with E-state index < -0.39 is 0 Å². The van der Waals surface area contributed by atoms with Crippen LogP contribution in [0.1, 0.15) is 460 Å². The number of unbranched alkanes of at least 4 members (excludes halogenated alkanes) is 36. The Hall–Kier alpha value is -7.62. The van der Waals surface area contributed by atoms with Crippen molar-refractivity contribution in [3.8, 4) is 44.5 Å². The summed E-state index contributed by atoms with van der Waals surface area (Å²) in [6.07, 6.45) is 65.8. The van der Waals surface area contributed by atoms with E-state index in [0.29, 0.717) is 0 Å². The predicted octanol–water partition coefficient (Wildman–Crippen LogP) is 39.8. The lowest BCUT2D eigenvalue weighted by Crippen LogP contribution is -2.33. The SMILES string of the molecule is CCCCCCCCC1(CCCCCCCC)c2cc(N(c3ccc(C(C)(C)C)cc3)c3ccc4c(c3)C(CCCCCCC)(CCCCCCC)c3c5c(c6c(oc7ccccc76)c3-4)-c3ccccc3C5(CCCCCCC)CCCCCCC)ccc2-c2cc3c(cc21)-c1c(ccc2oc4ccccc4c12)C3(CCCCCCCC)CCCCCCCC. The van der Waals surface area contributed by atoms with E-state index in [0.717, 1.165) is 48.0 Å². The fraction of sp³-hybridized carbons (Fsp3) is 0.557. The van der Waals surface area contributed by atoms with Gasteiger partial charge in [-0.15, -0.1) is 0 Å². The fourth-order valence-corrected chi connectivity index (χ4v) is 25.1. The number of nitrogens with zero attached hydrogens (tertiary/aromatic N) is 1. The molecule has 0 amide bonds. The van der Waals surface area contributed by atoms with Crippen molar-refractivity contribution in [2.45, 2.75) is 437 Å². The van der Waals surface area contributed by atoms with Crippen LogP contribution < -0.4 is 4.90 Å².